The molecule has 3 atom stereocenters. The van der Waals surface area contributed by atoms with Gasteiger partial charge in [0.1, 0.15) is 6.35 Å². The number of piperidine rings is 1. The van der Waals surface area contributed by atoms with Crippen molar-refractivity contribution in [3.05, 3.63) is 0 Å². The molecule has 1 fully saturated rings. The number of hydrogen-bond donors (Lipinski definition) is 1. The van der Waals surface area contributed by atoms with E-state index in [1.165, 1.54) is 0 Å². The number of hydrogen-bond acceptors (Lipinski definition) is 7. The zero-order valence-electron chi connectivity index (χ0n) is 17.6. The molecule has 0 aliphatic carbocycles. The van der Waals surface area contributed by atoms with Crippen LogP contribution in [-0.4, -0.2) is 74.1 Å². The fourth-order valence-electron chi connectivity index (χ4n) is 3.42. The zero-order valence-corrected chi connectivity index (χ0v) is 18.5. The molecule has 7 nitrogen and oxygen atoms in total. The molecular formula is C19H40NO6P. The average Bonchev–Trinajstić information content (AvgIpc) is 2.62. The van der Waals surface area contributed by atoms with Crippen LogP contribution in [0.25, 0.3) is 0 Å². The van der Waals surface area contributed by atoms with Crippen molar-refractivity contribution < 1.29 is 28.2 Å². The van der Waals surface area contributed by atoms with E-state index >= 15 is 0 Å². The first-order chi connectivity index (χ1) is 13.0. The topological polar surface area (TPSA) is 77.5 Å². The number of aliphatic hydroxyl groups is 1. The molecule has 0 saturated carbocycles. The maximum absolute atomic E-state index is 12.6. The van der Waals surface area contributed by atoms with Crippen molar-refractivity contribution in [1.29, 1.82) is 0 Å². The third-order valence-electron chi connectivity index (χ3n) is 4.85. The lowest BCUT2D eigenvalue weighted by atomic mass is 9.97. The second kappa shape index (κ2) is 14.0. The third kappa shape index (κ3) is 9.84. The van der Waals surface area contributed by atoms with Crippen molar-refractivity contribution >= 4 is 7.60 Å². The van der Waals surface area contributed by atoms with Crippen LogP contribution in [0.1, 0.15) is 59.8 Å². The lowest BCUT2D eigenvalue weighted by Gasteiger charge is -2.41. The molecule has 0 radical (unpaired) electrons. The first kappa shape index (κ1) is 25.0. The predicted octanol–water partition coefficient (Wildman–Crippen LogP) is 3.65. The Morgan fingerprint density at radius 3 is 2.33 bits per heavy atom. The van der Waals surface area contributed by atoms with E-state index in [-0.39, 0.29) is 18.5 Å². The molecule has 162 valence electrons. The van der Waals surface area contributed by atoms with Gasteiger partial charge in [0.05, 0.1) is 25.4 Å². The molecule has 0 bridgehead atoms. The normalized spacial score (nSPS) is 24.4. The van der Waals surface area contributed by atoms with Gasteiger partial charge in [-0.15, -0.1) is 0 Å². The Balaban J connectivity index is 2.42. The summed E-state index contributed by atoms with van der Waals surface area (Å²) < 4.78 is 34.4. The van der Waals surface area contributed by atoms with Crippen LogP contribution in [-0.2, 0) is 23.1 Å². The molecule has 1 N–H and O–H groups in total. The Labute approximate surface area is 165 Å². The summed E-state index contributed by atoms with van der Waals surface area (Å²) in [6, 6.07) is 0.161. The van der Waals surface area contributed by atoms with E-state index in [0.29, 0.717) is 26.2 Å². The van der Waals surface area contributed by atoms with Gasteiger partial charge in [-0.1, -0.05) is 12.8 Å². The second-order valence-electron chi connectivity index (χ2n) is 7.02. The molecule has 0 unspecified atom stereocenters. The minimum atomic E-state index is -3.23. The molecule has 0 spiro atoms. The van der Waals surface area contributed by atoms with E-state index < -0.39 is 13.7 Å². The van der Waals surface area contributed by atoms with Crippen LogP contribution < -0.4 is 0 Å². The number of aliphatic hydroxyl groups excluding tert-OH is 1. The fourth-order valence-corrected chi connectivity index (χ4v) is 4.81. The van der Waals surface area contributed by atoms with Gasteiger partial charge >= 0.3 is 7.60 Å². The van der Waals surface area contributed by atoms with Crippen molar-refractivity contribution in [2.45, 2.75) is 78.0 Å². The minimum absolute atomic E-state index is 0.0678. The fraction of sp³-hybridized carbons (Fsp3) is 1.00. The Kier molecular flexibility index (Phi) is 13.0. The smallest absolute Gasteiger partial charge is 0.356 e. The van der Waals surface area contributed by atoms with Gasteiger partial charge in [0.15, 0.2) is 0 Å². The van der Waals surface area contributed by atoms with E-state index in [0.717, 1.165) is 45.4 Å². The van der Waals surface area contributed by atoms with E-state index in [2.05, 4.69) is 11.8 Å². The molecular weight excluding hydrogens is 369 g/mol. The molecule has 1 saturated heterocycles. The molecule has 27 heavy (non-hydrogen) atoms. The van der Waals surface area contributed by atoms with Crippen LogP contribution in [0.4, 0.5) is 0 Å². The monoisotopic (exact) mass is 409 g/mol. The van der Waals surface area contributed by atoms with Gasteiger partial charge in [0.25, 0.3) is 0 Å². The maximum atomic E-state index is 12.6. The van der Waals surface area contributed by atoms with Crippen LogP contribution >= 0.6 is 7.60 Å². The van der Waals surface area contributed by atoms with Crippen molar-refractivity contribution in [2.75, 3.05) is 45.9 Å². The largest absolute Gasteiger partial charge is 0.392 e. The molecule has 0 aromatic rings. The van der Waals surface area contributed by atoms with E-state index in [1.807, 2.05) is 6.92 Å². The van der Waals surface area contributed by atoms with Gasteiger partial charge in [0.2, 0.25) is 0 Å². The Morgan fingerprint density at radius 1 is 1.04 bits per heavy atom. The molecule has 8 heteroatoms. The average molecular weight is 410 g/mol. The van der Waals surface area contributed by atoms with Crippen LogP contribution in [0.2, 0.25) is 0 Å². The summed E-state index contributed by atoms with van der Waals surface area (Å²) in [6.07, 6.45) is 4.38. The highest BCUT2D eigenvalue weighted by Gasteiger charge is 2.35. The summed E-state index contributed by atoms with van der Waals surface area (Å²) in [6.45, 7) is 11.5. The van der Waals surface area contributed by atoms with Crippen molar-refractivity contribution in [2.24, 2.45) is 0 Å². The predicted molar refractivity (Wildman–Crippen MR) is 107 cm³/mol. The number of rotatable bonds is 15. The SMILES string of the molecule is CCOCCCCCCN1C[C@H](O)C[C@@H](OCP(=O)(OCC)OCC)[C@H]1C. The highest BCUT2D eigenvalue weighted by atomic mass is 31.2. The number of likely N-dealkylation sites (tertiary alicyclic amines) is 1. The highest BCUT2D eigenvalue weighted by Crippen LogP contribution is 2.48. The van der Waals surface area contributed by atoms with Gasteiger partial charge in [-0.25, -0.2) is 0 Å². The Morgan fingerprint density at radius 2 is 1.70 bits per heavy atom. The quantitative estimate of drug-likeness (QED) is 0.327. The number of nitrogens with zero attached hydrogens (tertiary/aromatic N) is 1. The summed E-state index contributed by atoms with van der Waals surface area (Å²) in [5.74, 6) is 0. The van der Waals surface area contributed by atoms with Crippen molar-refractivity contribution in [3.63, 3.8) is 0 Å². The van der Waals surface area contributed by atoms with E-state index in [4.69, 9.17) is 18.5 Å². The molecule has 1 aliphatic rings. The Bertz CT molecular complexity index is 415. The summed E-state index contributed by atoms with van der Waals surface area (Å²) in [4.78, 5) is 2.27. The van der Waals surface area contributed by atoms with Crippen molar-refractivity contribution in [3.8, 4) is 0 Å². The highest BCUT2D eigenvalue weighted by molar-refractivity contribution is 7.53. The van der Waals surface area contributed by atoms with Crippen LogP contribution in [0, 0.1) is 0 Å². The molecule has 1 heterocycles. The molecule has 1 aliphatic heterocycles. The maximum Gasteiger partial charge on any atom is 0.356 e. The van der Waals surface area contributed by atoms with Gasteiger partial charge in [-0.2, -0.15) is 0 Å². The number of ether oxygens (including phenoxy) is 2. The summed E-state index contributed by atoms with van der Waals surface area (Å²) in [5.41, 5.74) is 0. The first-order valence-corrected chi connectivity index (χ1v) is 12.2. The molecule has 0 aromatic carbocycles. The lowest BCUT2D eigenvalue weighted by Crippen LogP contribution is -2.53. The van der Waals surface area contributed by atoms with Gasteiger partial charge in [-0.05, 0) is 47.1 Å². The summed E-state index contributed by atoms with van der Waals surface area (Å²) in [7, 11) is -3.23. The Hall–Kier alpha value is -0.0100. The van der Waals surface area contributed by atoms with Crippen LogP contribution in [0.3, 0.4) is 0 Å². The third-order valence-corrected chi connectivity index (χ3v) is 6.62. The van der Waals surface area contributed by atoms with E-state index in [9.17, 15) is 9.67 Å². The first-order valence-electron chi connectivity index (χ1n) is 10.4. The van der Waals surface area contributed by atoms with Gasteiger partial charge in [0, 0.05) is 32.2 Å². The minimum Gasteiger partial charge on any atom is -0.392 e. The number of β-amino-alcohol motifs (C(OH)–C–C–N with tert-alkyl or cyclic N) is 1. The number of unbranched alkanes of at least 4 members (excludes halogenated alkanes) is 3. The molecule has 0 aromatic heterocycles. The lowest BCUT2D eigenvalue weighted by molar-refractivity contribution is -0.0712. The van der Waals surface area contributed by atoms with Crippen LogP contribution in [0.15, 0.2) is 0 Å². The second-order valence-corrected chi connectivity index (χ2v) is 9.01. The standard InChI is InChI=1S/C19H40NO6P/c1-5-23-13-11-9-8-10-12-20-15-18(21)14-19(17(20)4)24-16-27(22,25-6-2)26-7-3/h17-19,21H,5-16H2,1-4H3/t17-,18-,19-/m1/s1. The van der Waals surface area contributed by atoms with Gasteiger partial charge in [-0.3, -0.25) is 9.46 Å². The summed E-state index contributed by atoms with van der Waals surface area (Å²) in [5, 5.41) is 10.2. The van der Waals surface area contributed by atoms with Crippen molar-refractivity contribution in [1.82, 2.24) is 4.90 Å². The zero-order chi connectivity index (χ0) is 20.1. The van der Waals surface area contributed by atoms with Crippen LogP contribution in [0.5, 0.6) is 0 Å². The van der Waals surface area contributed by atoms with E-state index in [1.54, 1.807) is 13.8 Å². The molecule has 0 amide bonds. The molecule has 1 rings (SSSR count). The summed E-state index contributed by atoms with van der Waals surface area (Å²) >= 11 is 0. The van der Waals surface area contributed by atoms with Gasteiger partial charge < -0.3 is 23.6 Å².